The predicted molar refractivity (Wildman–Crippen MR) is 140 cm³/mol. The van der Waals surface area contributed by atoms with Crippen molar-refractivity contribution in [2.24, 2.45) is 17.2 Å². The number of thioether (sulfide) groups is 1. The number of halogens is 1. The summed E-state index contributed by atoms with van der Waals surface area (Å²) in [6, 6.07) is -1.48. The second-order valence-electron chi connectivity index (χ2n) is 7.51. The fourth-order valence-corrected chi connectivity index (χ4v) is 2.97. The van der Waals surface area contributed by atoms with Crippen LogP contribution in [0.15, 0.2) is 11.0 Å². The SMILES string of the molecule is C#CCC(N)C(=O)NCC(C)=O.CC(=O)CNC(=O)C1=CC(N)CS1.CC(=O)CNC(=O)[C@@H](N)CCl. The highest BCUT2D eigenvalue weighted by Crippen LogP contribution is 2.23. The van der Waals surface area contributed by atoms with Crippen LogP contribution in [-0.2, 0) is 28.8 Å². The highest BCUT2D eigenvalue weighted by atomic mass is 35.5. The first-order valence-electron chi connectivity index (χ1n) is 10.7. The Hall–Kier alpha value is -2.76. The fourth-order valence-electron chi connectivity index (χ4n) is 1.88. The van der Waals surface area contributed by atoms with E-state index >= 15 is 0 Å². The number of Topliss-reactive ketones (excluding diaryl/α,β-unsaturated/α-hetero) is 3. The van der Waals surface area contributed by atoms with Gasteiger partial charge >= 0.3 is 0 Å². The Morgan fingerprint density at radius 3 is 1.78 bits per heavy atom. The summed E-state index contributed by atoms with van der Waals surface area (Å²) < 4.78 is 0. The smallest absolute Gasteiger partial charge is 0.257 e. The van der Waals surface area contributed by atoms with Crippen molar-refractivity contribution in [1.82, 2.24) is 16.0 Å². The molecule has 12 nitrogen and oxygen atoms in total. The van der Waals surface area contributed by atoms with Crippen molar-refractivity contribution in [3.8, 4) is 12.3 Å². The number of terminal acetylenes is 1. The van der Waals surface area contributed by atoms with Crippen LogP contribution < -0.4 is 33.2 Å². The van der Waals surface area contributed by atoms with Crippen LogP contribution in [0.3, 0.4) is 0 Å². The summed E-state index contributed by atoms with van der Waals surface area (Å²) in [5.41, 5.74) is 16.2. The van der Waals surface area contributed by atoms with Gasteiger partial charge in [0.25, 0.3) is 5.91 Å². The summed E-state index contributed by atoms with van der Waals surface area (Å²) in [7, 11) is 0. The molecule has 3 amide bonds. The lowest BCUT2D eigenvalue weighted by molar-refractivity contribution is -0.125. The first-order chi connectivity index (χ1) is 16.7. The normalized spacial score (nSPS) is 15.2. The van der Waals surface area contributed by atoms with Gasteiger partial charge in [-0.1, -0.05) is 0 Å². The summed E-state index contributed by atoms with van der Waals surface area (Å²) >= 11 is 6.71. The minimum Gasteiger partial charge on any atom is -0.348 e. The molecule has 0 aromatic rings. The predicted octanol–water partition coefficient (Wildman–Crippen LogP) is -2.05. The molecule has 0 aromatic carbocycles. The third kappa shape index (κ3) is 19.5. The van der Waals surface area contributed by atoms with Gasteiger partial charge in [0.2, 0.25) is 11.8 Å². The standard InChI is InChI=1S/C8H12N2O2S.C8H12N2O2.C6H11ClN2O2/c1-5(11)3-10-8(12)7-2-6(9)4-13-7;1-3-4-7(9)8(12)10-5-6(2)11;1-4(10)3-9-6(11)5(8)2-7/h2,6H,3-4,9H2,1H3,(H,10,12);1,7H,4-5,9H2,2H3,(H,10,12);5H,2-3,8H2,1H3,(H,9,11)/t;;5-/m..0/s1. The Balaban J connectivity index is 0. The average Bonchev–Trinajstić information content (AvgIpc) is 3.26. The number of amides is 3. The first-order valence-corrected chi connectivity index (χ1v) is 12.2. The molecule has 1 aliphatic rings. The molecule has 0 radical (unpaired) electrons. The molecular formula is C22H35ClN6O6S. The Kier molecular flexibility index (Phi) is 20.1. The van der Waals surface area contributed by atoms with E-state index < -0.39 is 18.0 Å². The zero-order valence-corrected chi connectivity index (χ0v) is 22.2. The van der Waals surface area contributed by atoms with Gasteiger partial charge in [0.05, 0.1) is 36.6 Å². The largest absolute Gasteiger partial charge is 0.348 e. The maximum atomic E-state index is 11.3. The number of carbonyl (C=O) groups is 6. The molecule has 36 heavy (non-hydrogen) atoms. The van der Waals surface area contributed by atoms with Gasteiger partial charge < -0.3 is 33.2 Å². The average molecular weight is 547 g/mol. The summed E-state index contributed by atoms with van der Waals surface area (Å²) in [5.74, 6) is 1.80. The van der Waals surface area contributed by atoms with Crippen LogP contribution in [0.1, 0.15) is 27.2 Å². The van der Waals surface area contributed by atoms with E-state index in [1.807, 2.05) is 0 Å². The van der Waals surface area contributed by atoms with E-state index in [9.17, 15) is 28.8 Å². The van der Waals surface area contributed by atoms with Crippen molar-refractivity contribution >= 4 is 58.4 Å². The molecule has 14 heteroatoms. The van der Waals surface area contributed by atoms with Gasteiger partial charge in [-0.05, 0) is 26.8 Å². The van der Waals surface area contributed by atoms with Gasteiger partial charge in [-0.3, -0.25) is 28.8 Å². The molecule has 2 unspecified atom stereocenters. The zero-order valence-electron chi connectivity index (χ0n) is 20.6. The number of rotatable bonds is 11. The quantitative estimate of drug-likeness (QED) is 0.123. The van der Waals surface area contributed by atoms with Crippen molar-refractivity contribution in [3.05, 3.63) is 11.0 Å². The van der Waals surface area contributed by atoms with E-state index in [1.54, 1.807) is 6.08 Å². The van der Waals surface area contributed by atoms with Crippen LogP contribution >= 0.6 is 23.4 Å². The van der Waals surface area contributed by atoms with Crippen LogP contribution in [0.4, 0.5) is 0 Å². The molecule has 0 spiro atoms. The lowest BCUT2D eigenvalue weighted by Crippen LogP contribution is -2.43. The molecule has 202 valence electrons. The van der Waals surface area contributed by atoms with Gasteiger partial charge in [0.1, 0.15) is 17.3 Å². The Morgan fingerprint density at radius 2 is 1.42 bits per heavy atom. The second-order valence-corrected chi connectivity index (χ2v) is 8.88. The van der Waals surface area contributed by atoms with Crippen molar-refractivity contribution in [1.29, 1.82) is 0 Å². The summed E-state index contributed by atoms with van der Waals surface area (Å²) in [5, 5.41) is 7.20. The van der Waals surface area contributed by atoms with E-state index in [4.69, 9.17) is 35.2 Å². The van der Waals surface area contributed by atoms with Gasteiger partial charge in [-0.25, -0.2) is 0 Å². The maximum absolute atomic E-state index is 11.3. The van der Waals surface area contributed by atoms with Crippen LogP contribution in [0.5, 0.6) is 0 Å². The number of nitrogens with two attached hydrogens (primary N) is 3. The Labute approximate surface area is 220 Å². The van der Waals surface area contributed by atoms with Crippen molar-refractivity contribution in [3.63, 3.8) is 0 Å². The molecule has 1 heterocycles. The maximum Gasteiger partial charge on any atom is 0.257 e. The van der Waals surface area contributed by atoms with Crippen molar-refractivity contribution in [2.45, 2.75) is 45.3 Å². The lowest BCUT2D eigenvalue weighted by Gasteiger charge is -2.07. The highest BCUT2D eigenvalue weighted by molar-refractivity contribution is 8.04. The number of hydrogen-bond donors (Lipinski definition) is 6. The number of nitrogens with one attached hydrogen (secondary N) is 3. The van der Waals surface area contributed by atoms with Crippen molar-refractivity contribution in [2.75, 3.05) is 31.3 Å². The van der Waals surface area contributed by atoms with E-state index in [0.717, 1.165) is 5.75 Å². The van der Waals surface area contributed by atoms with E-state index in [0.29, 0.717) is 4.91 Å². The first kappa shape index (κ1) is 35.4. The Morgan fingerprint density at radius 1 is 0.972 bits per heavy atom. The Bertz CT molecular complexity index is 860. The fraction of sp³-hybridized carbons (Fsp3) is 0.545. The van der Waals surface area contributed by atoms with Crippen LogP contribution in [-0.4, -0.2) is 84.5 Å². The van der Waals surface area contributed by atoms with Crippen LogP contribution in [0.25, 0.3) is 0 Å². The third-order valence-corrected chi connectivity index (χ3v) is 5.24. The molecular weight excluding hydrogens is 512 g/mol. The molecule has 1 aliphatic heterocycles. The number of carbonyl (C=O) groups excluding carboxylic acids is 6. The third-order valence-electron chi connectivity index (χ3n) is 3.72. The number of alkyl halides is 1. The summed E-state index contributed by atoms with van der Waals surface area (Å²) in [6.45, 7) is 4.31. The molecule has 0 saturated carbocycles. The summed E-state index contributed by atoms with van der Waals surface area (Å²) in [4.78, 5) is 65.0. The van der Waals surface area contributed by atoms with E-state index in [-0.39, 0.29) is 67.1 Å². The molecule has 1 rings (SSSR count). The molecule has 0 aromatic heterocycles. The van der Waals surface area contributed by atoms with Gasteiger partial charge in [0, 0.05) is 24.1 Å². The molecule has 0 saturated heterocycles. The minimum absolute atomic E-state index is 0.0110. The zero-order chi connectivity index (χ0) is 28.3. The topological polar surface area (TPSA) is 217 Å². The summed E-state index contributed by atoms with van der Waals surface area (Å²) in [6.07, 6.45) is 6.85. The van der Waals surface area contributed by atoms with Crippen molar-refractivity contribution < 1.29 is 28.8 Å². The molecule has 0 bridgehead atoms. The monoisotopic (exact) mass is 546 g/mol. The number of ketones is 3. The molecule has 9 N–H and O–H groups in total. The van der Waals surface area contributed by atoms with E-state index in [2.05, 4.69) is 21.9 Å². The molecule has 0 aliphatic carbocycles. The van der Waals surface area contributed by atoms with E-state index in [1.165, 1.54) is 32.5 Å². The van der Waals surface area contributed by atoms with Gasteiger partial charge in [-0.2, -0.15) is 0 Å². The van der Waals surface area contributed by atoms with Crippen LogP contribution in [0.2, 0.25) is 0 Å². The second kappa shape index (κ2) is 20.4. The lowest BCUT2D eigenvalue weighted by atomic mass is 10.2. The molecule has 0 fully saturated rings. The highest BCUT2D eigenvalue weighted by Gasteiger charge is 2.18. The van der Waals surface area contributed by atoms with Gasteiger partial charge in [-0.15, -0.1) is 35.7 Å². The number of hydrogen-bond acceptors (Lipinski definition) is 10. The van der Waals surface area contributed by atoms with Gasteiger partial charge in [0.15, 0.2) is 0 Å². The minimum atomic E-state index is -0.726. The molecule has 3 atom stereocenters. The van der Waals surface area contributed by atoms with Crippen LogP contribution in [0, 0.1) is 12.3 Å².